The topological polar surface area (TPSA) is 58.6 Å². The monoisotopic (exact) mass is 477 g/mol. The fraction of sp³-hybridized carbons (Fsp3) is 0.516. The predicted octanol–water partition coefficient (Wildman–Crippen LogP) is 6.63. The second kappa shape index (κ2) is 11.4. The molecule has 0 bridgehead atoms. The SMILES string of the molecule is CCC(O)(C=Cc1ccc(C(CC)(CC)c2ccc(OCC3CCC(=O)N3)c(C)c2)cc1C)CC. The van der Waals surface area contributed by atoms with E-state index in [4.69, 9.17) is 4.74 Å². The molecule has 4 heteroatoms. The highest BCUT2D eigenvalue weighted by atomic mass is 16.5. The Balaban J connectivity index is 1.86. The second-order valence-corrected chi connectivity index (χ2v) is 10.1. The van der Waals surface area contributed by atoms with Crippen LogP contribution in [0.5, 0.6) is 5.75 Å². The number of hydrogen-bond donors (Lipinski definition) is 2. The number of rotatable bonds is 11. The molecule has 2 aromatic carbocycles. The van der Waals surface area contributed by atoms with Gasteiger partial charge in [-0.3, -0.25) is 4.79 Å². The molecule has 0 aromatic heterocycles. The lowest BCUT2D eigenvalue weighted by atomic mass is 9.70. The van der Waals surface area contributed by atoms with Crippen LogP contribution in [0.4, 0.5) is 0 Å². The first-order valence-electron chi connectivity index (χ1n) is 13.3. The van der Waals surface area contributed by atoms with Crippen LogP contribution in [0.3, 0.4) is 0 Å². The Labute approximate surface area is 211 Å². The molecule has 1 unspecified atom stereocenters. The van der Waals surface area contributed by atoms with Crippen molar-refractivity contribution in [2.75, 3.05) is 6.61 Å². The number of hydrogen-bond acceptors (Lipinski definition) is 3. The van der Waals surface area contributed by atoms with E-state index in [2.05, 4.69) is 75.5 Å². The zero-order valence-corrected chi connectivity index (χ0v) is 22.4. The first-order chi connectivity index (χ1) is 16.7. The highest BCUT2D eigenvalue weighted by Gasteiger charge is 2.31. The van der Waals surface area contributed by atoms with Gasteiger partial charge in [-0.25, -0.2) is 0 Å². The van der Waals surface area contributed by atoms with E-state index in [0.717, 1.165) is 36.1 Å². The number of aliphatic hydroxyl groups is 1. The summed E-state index contributed by atoms with van der Waals surface area (Å²) < 4.78 is 6.07. The van der Waals surface area contributed by atoms with Gasteiger partial charge in [0.1, 0.15) is 12.4 Å². The van der Waals surface area contributed by atoms with Crippen LogP contribution in [-0.2, 0) is 10.2 Å². The Morgan fingerprint density at radius 1 is 0.971 bits per heavy atom. The molecular formula is C31H43NO3. The van der Waals surface area contributed by atoms with Crippen molar-refractivity contribution in [3.8, 4) is 5.75 Å². The Morgan fingerprint density at radius 3 is 2.11 bits per heavy atom. The summed E-state index contributed by atoms with van der Waals surface area (Å²) in [5, 5.41) is 13.6. The van der Waals surface area contributed by atoms with Crippen molar-refractivity contribution in [1.82, 2.24) is 5.32 Å². The smallest absolute Gasteiger partial charge is 0.220 e. The van der Waals surface area contributed by atoms with Crippen molar-refractivity contribution in [1.29, 1.82) is 0 Å². The van der Waals surface area contributed by atoms with Gasteiger partial charge in [-0.2, -0.15) is 0 Å². The van der Waals surface area contributed by atoms with E-state index in [1.807, 2.05) is 19.9 Å². The van der Waals surface area contributed by atoms with E-state index in [1.54, 1.807) is 0 Å². The van der Waals surface area contributed by atoms with Crippen LogP contribution in [0, 0.1) is 13.8 Å². The number of amides is 1. The Bertz CT molecular complexity index is 1050. The van der Waals surface area contributed by atoms with Crippen LogP contribution in [0.15, 0.2) is 42.5 Å². The third-order valence-electron chi connectivity index (χ3n) is 8.08. The van der Waals surface area contributed by atoms with Crippen molar-refractivity contribution < 1.29 is 14.6 Å². The van der Waals surface area contributed by atoms with Gasteiger partial charge in [0.25, 0.3) is 0 Å². The van der Waals surface area contributed by atoms with Crippen LogP contribution in [0.2, 0.25) is 0 Å². The molecule has 1 heterocycles. The van der Waals surface area contributed by atoms with Gasteiger partial charge in [-0.1, -0.05) is 70.2 Å². The van der Waals surface area contributed by atoms with Gasteiger partial charge in [0.05, 0.1) is 11.6 Å². The number of carbonyl (C=O) groups is 1. The van der Waals surface area contributed by atoms with E-state index in [1.165, 1.54) is 16.7 Å². The molecule has 0 radical (unpaired) electrons. The Hall–Kier alpha value is -2.59. The molecule has 0 aliphatic carbocycles. The van der Waals surface area contributed by atoms with Gasteiger partial charge in [0.2, 0.25) is 5.91 Å². The van der Waals surface area contributed by atoms with E-state index in [9.17, 15) is 9.90 Å². The van der Waals surface area contributed by atoms with Crippen molar-refractivity contribution in [2.24, 2.45) is 0 Å². The van der Waals surface area contributed by atoms with Crippen molar-refractivity contribution in [3.63, 3.8) is 0 Å². The first-order valence-corrected chi connectivity index (χ1v) is 13.3. The molecule has 1 atom stereocenters. The zero-order valence-electron chi connectivity index (χ0n) is 22.4. The standard InChI is InChI=1S/C31H43NO3/c1-7-30(34,8-2)18-17-24-11-12-25(19-22(24)5)31(9-3,10-4)26-13-15-28(23(6)20-26)35-21-27-14-16-29(33)32-27/h11-13,15,17-20,27,34H,7-10,14,16,21H2,1-6H3,(H,32,33). The van der Waals surface area contributed by atoms with Crippen LogP contribution >= 0.6 is 0 Å². The van der Waals surface area contributed by atoms with Gasteiger partial charge in [0.15, 0.2) is 0 Å². The molecule has 1 aliphatic rings. The largest absolute Gasteiger partial charge is 0.491 e. The minimum Gasteiger partial charge on any atom is -0.491 e. The summed E-state index contributed by atoms with van der Waals surface area (Å²) in [5.74, 6) is 0.997. The average Bonchev–Trinajstić information content (AvgIpc) is 3.28. The number of aryl methyl sites for hydroxylation is 2. The quantitative estimate of drug-likeness (QED) is 0.382. The number of nitrogens with one attached hydrogen (secondary N) is 1. The third kappa shape index (κ3) is 5.98. The van der Waals surface area contributed by atoms with E-state index in [-0.39, 0.29) is 17.4 Å². The lowest BCUT2D eigenvalue weighted by Gasteiger charge is -2.34. The molecule has 4 nitrogen and oxygen atoms in total. The number of benzene rings is 2. The summed E-state index contributed by atoms with van der Waals surface area (Å²) in [7, 11) is 0. The van der Waals surface area contributed by atoms with Crippen molar-refractivity contribution in [2.45, 2.75) is 97.1 Å². The summed E-state index contributed by atoms with van der Waals surface area (Å²) in [4.78, 5) is 11.5. The fourth-order valence-corrected chi connectivity index (χ4v) is 5.23. The molecule has 0 saturated carbocycles. The zero-order chi connectivity index (χ0) is 25.6. The minimum atomic E-state index is -0.744. The summed E-state index contributed by atoms with van der Waals surface area (Å²) in [6, 6.07) is 13.4. The van der Waals surface area contributed by atoms with E-state index >= 15 is 0 Å². The van der Waals surface area contributed by atoms with Gasteiger partial charge in [0, 0.05) is 11.8 Å². The van der Waals surface area contributed by atoms with Crippen LogP contribution in [0.25, 0.3) is 6.08 Å². The molecule has 2 aromatic rings. The van der Waals surface area contributed by atoms with Crippen molar-refractivity contribution >= 4 is 12.0 Å². The van der Waals surface area contributed by atoms with Crippen LogP contribution < -0.4 is 10.1 Å². The normalized spacial score (nSPS) is 16.7. The van der Waals surface area contributed by atoms with Crippen molar-refractivity contribution in [3.05, 3.63) is 70.3 Å². The maximum Gasteiger partial charge on any atom is 0.220 e. The van der Waals surface area contributed by atoms with Crippen LogP contribution in [0.1, 0.15) is 94.0 Å². The van der Waals surface area contributed by atoms with Gasteiger partial charge in [-0.15, -0.1) is 0 Å². The highest BCUT2D eigenvalue weighted by Crippen LogP contribution is 2.41. The molecular weight excluding hydrogens is 434 g/mol. The molecule has 1 fully saturated rings. The van der Waals surface area contributed by atoms with Gasteiger partial charge in [-0.05, 0) is 79.8 Å². The summed E-state index contributed by atoms with van der Waals surface area (Å²) >= 11 is 0. The first kappa shape index (κ1) is 27.0. The molecule has 2 N–H and O–H groups in total. The van der Waals surface area contributed by atoms with E-state index < -0.39 is 5.60 Å². The van der Waals surface area contributed by atoms with Crippen LogP contribution in [-0.4, -0.2) is 29.3 Å². The fourth-order valence-electron chi connectivity index (χ4n) is 5.23. The summed E-state index contributed by atoms with van der Waals surface area (Å²) in [5.41, 5.74) is 5.28. The molecule has 1 saturated heterocycles. The average molecular weight is 478 g/mol. The number of carbonyl (C=O) groups excluding carboxylic acids is 1. The Morgan fingerprint density at radius 2 is 1.60 bits per heavy atom. The summed E-state index contributed by atoms with van der Waals surface area (Å²) in [6.45, 7) is 13.3. The molecule has 190 valence electrons. The lowest BCUT2D eigenvalue weighted by Crippen LogP contribution is -2.31. The molecule has 1 aliphatic heterocycles. The lowest BCUT2D eigenvalue weighted by molar-refractivity contribution is -0.119. The Kier molecular flexibility index (Phi) is 8.82. The minimum absolute atomic E-state index is 0.0801. The molecule has 35 heavy (non-hydrogen) atoms. The molecule has 0 spiro atoms. The van der Waals surface area contributed by atoms with E-state index in [0.29, 0.717) is 25.9 Å². The maximum absolute atomic E-state index is 11.5. The molecule has 3 rings (SSSR count). The predicted molar refractivity (Wildman–Crippen MR) is 145 cm³/mol. The maximum atomic E-state index is 11.5. The summed E-state index contributed by atoms with van der Waals surface area (Å²) in [6.07, 6.45) is 8.85. The van der Waals surface area contributed by atoms with Gasteiger partial charge >= 0.3 is 0 Å². The second-order valence-electron chi connectivity index (χ2n) is 10.1. The van der Waals surface area contributed by atoms with Gasteiger partial charge < -0.3 is 15.2 Å². The third-order valence-corrected chi connectivity index (χ3v) is 8.08. The highest BCUT2D eigenvalue weighted by molar-refractivity contribution is 5.78. The molecule has 1 amide bonds. The number of ether oxygens (including phenoxy) is 1.